The second-order valence-electron chi connectivity index (χ2n) is 41.9. The lowest BCUT2D eigenvalue weighted by Gasteiger charge is -2.26. The van der Waals surface area contributed by atoms with Gasteiger partial charge in [-0.05, 0) is 229 Å². The predicted octanol–water partition coefficient (Wildman–Crippen LogP) is 28.7. The molecule has 610 valence electrons. The zero-order valence-electron chi connectivity index (χ0n) is 74.9. The first kappa shape index (κ1) is 82.2. The van der Waals surface area contributed by atoms with Gasteiger partial charge in [0, 0.05) is 88.6 Å². The van der Waals surface area contributed by atoms with E-state index in [-0.39, 0.29) is 56.5 Å². The maximum absolute atomic E-state index is 10.5. The number of hydrogen-bond donors (Lipinski definition) is 6. The highest BCUT2D eigenvalue weighted by atomic mass is 16.3. The second-order valence-corrected chi connectivity index (χ2v) is 41.9. The Kier molecular flexibility index (Phi) is 20.3. The van der Waals surface area contributed by atoms with Gasteiger partial charge in [-0.15, -0.1) is 0 Å². The van der Waals surface area contributed by atoms with Gasteiger partial charge in [0.2, 0.25) is 0 Å². The largest absolute Gasteiger partial charge is 0.392 e. The van der Waals surface area contributed by atoms with Gasteiger partial charge < -0.3 is 30.1 Å². The number of fused-ring (bicyclic) bond motifs is 16. The average molecular weight is 1580 g/mol. The van der Waals surface area contributed by atoms with Crippen molar-refractivity contribution in [1.82, 2.24) is 39.9 Å². The highest BCUT2D eigenvalue weighted by Gasteiger charge is 2.32. The van der Waals surface area contributed by atoms with Crippen LogP contribution in [0.25, 0.3) is 171 Å². The monoisotopic (exact) mass is 1580 g/mol. The number of rotatable bonds is 9. The van der Waals surface area contributed by atoms with Crippen molar-refractivity contribution in [3.05, 3.63) is 271 Å². The summed E-state index contributed by atoms with van der Waals surface area (Å²) < 4.78 is 0. The zero-order chi connectivity index (χ0) is 85.6. The quantitative estimate of drug-likeness (QED) is 0.0846. The number of aliphatic hydroxyl groups is 2. The van der Waals surface area contributed by atoms with Crippen LogP contribution in [0.4, 0.5) is 0 Å². The maximum atomic E-state index is 10.5. The van der Waals surface area contributed by atoms with E-state index >= 15 is 0 Å². The maximum Gasteiger partial charge on any atom is 0.0738 e. The van der Waals surface area contributed by atoms with E-state index in [2.05, 4.69) is 380 Å². The van der Waals surface area contributed by atoms with Gasteiger partial charge in [0.15, 0.2) is 0 Å². The first-order valence-corrected chi connectivity index (χ1v) is 42.7. The topological polar surface area (TPSA) is 155 Å². The number of benzene rings is 6. The molecule has 10 nitrogen and oxygen atoms in total. The molecule has 0 fully saturated rings. The fraction of sp³-hybridized carbons (Fsp3) is 0.309. The third-order valence-corrected chi connectivity index (χ3v) is 24.4. The van der Waals surface area contributed by atoms with Crippen LogP contribution >= 0.6 is 0 Å². The molecule has 10 heteroatoms. The molecule has 0 amide bonds. The van der Waals surface area contributed by atoms with E-state index in [1.54, 1.807) is 0 Å². The summed E-state index contributed by atoms with van der Waals surface area (Å²) in [4.78, 5) is 40.7. The summed E-state index contributed by atoms with van der Waals surface area (Å²) in [5.41, 5.74) is 36.3. The molecule has 12 aromatic rings. The molecule has 6 aromatic carbocycles. The van der Waals surface area contributed by atoms with E-state index in [4.69, 9.17) is 19.9 Å². The first-order valence-electron chi connectivity index (χ1n) is 42.7. The van der Waals surface area contributed by atoms with E-state index in [1.165, 1.54) is 44.5 Å². The van der Waals surface area contributed by atoms with Crippen molar-refractivity contribution in [2.24, 2.45) is 0 Å². The van der Waals surface area contributed by atoms with E-state index in [9.17, 15) is 10.2 Å². The Morgan fingerprint density at radius 2 is 0.342 bits per heavy atom. The summed E-state index contributed by atoms with van der Waals surface area (Å²) in [6.07, 6.45) is 17.6. The van der Waals surface area contributed by atoms with E-state index in [1.807, 2.05) is 24.3 Å². The lowest BCUT2D eigenvalue weighted by Crippen LogP contribution is -2.16. The molecular weight excluding hydrogens is 1470 g/mol. The summed E-state index contributed by atoms with van der Waals surface area (Å²) in [5, 5.41) is 21.0. The molecule has 6 N–H and O–H groups in total. The molecule has 16 rings (SSSR count). The SMILES string of the molecule is CC(C)(C)c1cc(-c2c3nc(c(-c4c5nc(c(-c6cc(C(C)(C)C)cc(C(C)(C)C)c6)c6ccc([nH]6)c(-c6ccc(CO)cc6)c6nc(c(-c7cc(C(C)(C)C)cc(C(C)(C)C)c7)c7ccc4[nH]7)C=C6)C=C5)c4ccc([nH]4)c(-c4cc(C(C)(C)C)cc(C(C)(C)C)c4)c4nc(c(-c5ccc(CO)cc5)c5ccc2[nH]5)C=C4)C=C3)cc(C(C)(C)C)c1. The van der Waals surface area contributed by atoms with Crippen LogP contribution < -0.4 is 0 Å². The third-order valence-electron chi connectivity index (χ3n) is 24.4. The Labute approximate surface area is 710 Å². The highest BCUT2D eigenvalue weighted by Crippen LogP contribution is 2.48. The first-order chi connectivity index (χ1) is 56.3. The number of aromatic nitrogens is 8. The lowest BCUT2D eigenvalue weighted by atomic mass is 9.78. The molecule has 0 aliphatic carbocycles. The fourth-order valence-corrected chi connectivity index (χ4v) is 16.9. The number of nitrogens with zero attached hydrogens (tertiary/aromatic N) is 4. The Balaban J connectivity index is 1.15. The lowest BCUT2D eigenvalue weighted by molar-refractivity contribution is 0.281. The van der Waals surface area contributed by atoms with Crippen LogP contribution in [-0.2, 0) is 56.5 Å². The van der Waals surface area contributed by atoms with Crippen molar-refractivity contribution >= 4 is 92.7 Å². The van der Waals surface area contributed by atoms with Gasteiger partial charge in [-0.3, -0.25) is 0 Å². The molecule has 0 saturated heterocycles. The van der Waals surface area contributed by atoms with Gasteiger partial charge in [0.05, 0.1) is 58.8 Å². The third kappa shape index (κ3) is 15.9. The molecule has 0 saturated carbocycles. The van der Waals surface area contributed by atoms with E-state index < -0.39 is 0 Å². The van der Waals surface area contributed by atoms with Crippen molar-refractivity contribution in [3.8, 4) is 77.9 Å². The van der Waals surface area contributed by atoms with Gasteiger partial charge in [0.1, 0.15) is 0 Å². The average Bonchev–Trinajstić information content (AvgIpc) is 1.63. The van der Waals surface area contributed by atoms with Crippen LogP contribution in [0, 0.1) is 0 Å². The van der Waals surface area contributed by atoms with Crippen LogP contribution in [0.3, 0.4) is 0 Å². The van der Waals surface area contributed by atoms with Crippen LogP contribution in [0.1, 0.15) is 267 Å². The molecule has 120 heavy (non-hydrogen) atoms. The molecule has 0 atom stereocenters. The van der Waals surface area contributed by atoms with Crippen LogP contribution in [-0.4, -0.2) is 50.1 Å². The summed E-state index contributed by atoms with van der Waals surface area (Å²) in [7, 11) is 0. The molecule has 6 aromatic heterocycles. The summed E-state index contributed by atoms with van der Waals surface area (Å²) in [6.45, 7) is 55.1. The minimum Gasteiger partial charge on any atom is -0.392 e. The molecule has 0 radical (unpaired) electrons. The molecule has 16 bridgehead atoms. The number of H-pyrrole nitrogens is 4. The molecule has 10 heterocycles. The zero-order valence-corrected chi connectivity index (χ0v) is 74.9. The summed E-state index contributed by atoms with van der Waals surface area (Å²) >= 11 is 0. The highest BCUT2D eigenvalue weighted by molar-refractivity contribution is 6.06. The fourth-order valence-electron chi connectivity index (χ4n) is 16.9. The molecule has 0 spiro atoms. The standard InChI is InChI=1S/C110H118N8O2/c1-103(2,3)71-49-67(50-72(57-71)104(4,5)6)97-83-37-33-79(111-83)95(65-29-25-63(61-119)26-30-65)80-34-38-84(112-80)98(68-51-73(105(7,8)9)58-74(52-68)106(10,11)12)88-42-46-92(116-88)101(91-45-41-87(97)115-91)102-93-47-43-89(117-93)99(69-53-75(107(13,14)15)59-76(54-69)108(16,17)18)85-39-35-81(113-85)96(66-31-27-64(62-120)28-32-66)82-36-40-86(114-82)100(90-44-48-94(102)118-90)70-55-77(109(19,20)21)60-78(56-70)110(22,23)24/h25-60,111,113,116,118-120H,61-62H2,1-24H3. The number of nitrogens with one attached hydrogen (secondary N) is 4. The van der Waals surface area contributed by atoms with Crippen molar-refractivity contribution in [2.75, 3.05) is 0 Å². The minimum atomic E-state index is -0.211. The molecular formula is C110H118N8O2. The Morgan fingerprint density at radius 1 is 0.192 bits per heavy atom. The van der Waals surface area contributed by atoms with Crippen molar-refractivity contribution in [1.29, 1.82) is 0 Å². The normalized spacial score (nSPS) is 13.5. The van der Waals surface area contributed by atoms with E-state index in [0.717, 1.165) is 179 Å². The Bertz CT molecular complexity index is 5970. The van der Waals surface area contributed by atoms with Crippen LogP contribution in [0.15, 0.2) is 170 Å². The van der Waals surface area contributed by atoms with Gasteiger partial charge in [-0.1, -0.05) is 287 Å². The minimum absolute atomic E-state index is 0.0731. The Hall–Kier alpha value is -11.6. The molecule has 4 aliphatic rings. The van der Waals surface area contributed by atoms with Gasteiger partial charge in [0.25, 0.3) is 0 Å². The molecule has 4 aliphatic heterocycles. The van der Waals surface area contributed by atoms with Crippen molar-refractivity contribution in [2.45, 2.75) is 223 Å². The number of aromatic amines is 4. The number of hydrogen-bond acceptors (Lipinski definition) is 6. The summed E-state index contributed by atoms with van der Waals surface area (Å²) in [5.74, 6) is 0. The van der Waals surface area contributed by atoms with Crippen molar-refractivity contribution < 1.29 is 10.2 Å². The summed E-state index contributed by atoms with van der Waals surface area (Å²) in [6, 6.07) is 62.9. The molecule has 0 unspecified atom stereocenters. The van der Waals surface area contributed by atoms with Gasteiger partial charge in [-0.2, -0.15) is 0 Å². The van der Waals surface area contributed by atoms with Crippen molar-refractivity contribution in [3.63, 3.8) is 0 Å². The Morgan fingerprint density at radius 3 is 0.500 bits per heavy atom. The second kappa shape index (κ2) is 29.7. The smallest absolute Gasteiger partial charge is 0.0738 e. The van der Waals surface area contributed by atoms with Crippen LogP contribution in [0.5, 0.6) is 0 Å². The van der Waals surface area contributed by atoms with E-state index in [0.29, 0.717) is 0 Å². The van der Waals surface area contributed by atoms with Crippen LogP contribution in [0.2, 0.25) is 0 Å². The predicted molar refractivity (Wildman–Crippen MR) is 511 cm³/mol. The van der Waals surface area contributed by atoms with Gasteiger partial charge >= 0.3 is 0 Å². The number of aliphatic hydroxyl groups excluding tert-OH is 2. The van der Waals surface area contributed by atoms with Gasteiger partial charge in [-0.25, -0.2) is 19.9 Å².